The Kier molecular flexibility index (Phi) is 3.51. The van der Waals surface area contributed by atoms with Crippen molar-refractivity contribution in [1.82, 2.24) is 4.98 Å². The highest BCUT2D eigenvalue weighted by Crippen LogP contribution is 2.26. The molecule has 0 N–H and O–H groups in total. The number of halogens is 1. The Hall–Kier alpha value is -2.03. The average molecular weight is 243 g/mol. The van der Waals surface area contributed by atoms with E-state index in [0.717, 1.165) is 11.8 Å². The fraction of sp³-hybridized carbons (Fsp3) is 0.200. The minimum Gasteiger partial charge on any atom is -0.302 e. The molecular formula is C15H14FNO. The quantitative estimate of drug-likeness (QED) is 0.773. The summed E-state index contributed by atoms with van der Waals surface area (Å²) in [5, 5.41) is 0. The van der Waals surface area contributed by atoms with Crippen molar-refractivity contribution in [3.63, 3.8) is 0 Å². The van der Waals surface area contributed by atoms with E-state index >= 15 is 0 Å². The summed E-state index contributed by atoms with van der Waals surface area (Å²) >= 11 is 0. The molecule has 1 heterocycles. The second-order valence-corrected chi connectivity index (χ2v) is 4.58. The molecule has 0 aliphatic rings. The first-order chi connectivity index (χ1) is 8.64. The van der Waals surface area contributed by atoms with Crippen molar-refractivity contribution < 1.29 is 9.18 Å². The summed E-state index contributed by atoms with van der Waals surface area (Å²) in [6.07, 6.45) is 4.78. The van der Waals surface area contributed by atoms with Crippen LogP contribution in [0.4, 0.5) is 4.39 Å². The second kappa shape index (κ2) is 5.08. The topological polar surface area (TPSA) is 30.0 Å². The van der Waals surface area contributed by atoms with Gasteiger partial charge in [-0.05, 0) is 48.7 Å². The first kappa shape index (κ1) is 12.4. The Labute approximate surface area is 105 Å². The zero-order chi connectivity index (χ0) is 13.0. The number of rotatable bonds is 4. The van der Waals surface area contributed by atoms with E-state index in [4.69, 9.17) is 0 Å². The zero-order valence-electron chi connectivity index (χ0n) is 10.1. The van der Waals surface area contributed by atoms with Gasteiger partial charge in [-0.3, -0.25) is 4.98 Å². The largest absolute Gasteiger partial charge is 0.302 e. The van der Waals surface area contributed by atoms with E-state index in [-0.39, 0.29) is 5.82 Å². The highest BCUT2D eigenvalue weighted by atomic mass is 19.1. The molecular weight excluding hydrogens is 229 g/mol. The SMILES string of the molecule is CC(C=O)(Cc1ccncc1)c1cccc(F)c1. The third-order valence-electron chi connectivity index (χ3n) is 3.06. The van der Waals surface area contributed by atoms with E-state index in [1.165, 1.54) is 12.1 Å². The molecule has 0 fully saturated rings. The summed E-state index contributed by atoms with van der Waals surface area (Å²) in [6.45, 7) is 1.81. The van der Waals surface area contributed by atoms with Gasteiger partial charge in [-0.1, -0.05) is 12.1 Å². The number of aromatic nitrogens is 1. The fourth-order valence-electron chi connectivity index (χ4n) is 1.98. The van der Waals surface area contributed by atoms with Crippen molar-refractivity contribution in [3.8, 4) is 0 Å². The predicted octanol–water partition coefficient (Wildman–Crippen LogP) is 2.92. The van der Waals surface area contributed by atoms with Crippen molar-refractivity contribution in [2.45, 2.75) is 18.8 Å². The van der Waals surface area contributed by atoms with Gasteiger partial charge in [0.05, 0.1) is 5.41 Å². The predicted molar refractivity (Wildman–Crippen MR) is 67.8 cm³/mol. The van der Waals surface area contributed by atoms with Gasteiger partial charge in [0.1, 0.15) is 12.1 Å². The number of aldehydes is 1. The minimum atomic E-state index is -0.719. The maximum atomic E-state index is 13.2. The molecule has 2 nitrogen and oxygen atoms in total. The van der Waals surface area contributed by atoms with E-state index < -0.39 is 5.41 Å². The summed E-state index contributed by atoms with van der Waals surface area (Å²) in [5.74, 6) is -0.324. The Morgan fingerprint density at radius 1 is 1.28 bits per heavy atom. The number of hydrogen-bond donors (Lipinski definition) is 0. The lowest BCUT2D eigenvalue weighted by molar-refractivity contribution is -0.112. The van der Waals surface area contributed by atoms with Gasteiger partial charge in [-0.2, -0.15) is 0 Å². The molecule has 0 radical (unpaired) electrons. The molecule has 1 unspecified atom stereocenters. The van der Waals surface area contributed by atoms with Crippen LogP contribution >= 0.6 is 0 Å². The van der Waals surface area contributed by atoms with Crippen molar-refractivity contribution in [3.05, 3.63) is 65.7 Å². The van der Waals surface area contributed by atoms with Crippen LogP contribution in [0.5, 0.6) is 0 Å². The molecule has 3 heteroatoms. The van der Waals surface area contributed by atoms with Gasteiger partial charge in [0.25, 0.3) is 0 Å². The van der Waals surface area contributed by atoms with Crippen molar-refractivity contribution in [1.29, 1.82) is 0 Å². The first-order valence-corrected chi connectivity index (χ1v) is 5.75. The Morgan fingerprint density at radius 2 is 2.00 bits per heavy atom. The number of pyridine rings is 1. The summed E-state index contributed by atoms with van der Waals surface area (Å²) < 4.78 is 13.2. The molecule has 0 bridgehead atoms. The van der Waals surface area contributed by atoms with Gasteiger partial charge < -0.3 is 4.79 Å². The number of hydrogen-bond acceptors (Lipinski definition) is 2. The summed E-state index contributed by atoms with van der Waals surface area (Å²) in [5.41, 5.74) is 0.974. The van der Waals surface area contributed by atoms with E-state index in [2.05, 4.69) is 4.98 Å². The summed E-state index contributed by atoms with van der Waals surface area (Å²) in [7, 11) is 0. The number of nitrogens with zero attached hydrogens (tertiary/aromatic N) is 1. The van der Waals surface area contributed by atoms with Gasteiger partial charge in [0.2, 0.25) is 0 Å². The minimum absolute atomic E-state index is 0.324. The van der Waals surface area contributed by atoms with Crippen LogP contribution in [-0.4, -0.2) is 11.3 Å². The molecule has 1 aromatic carbocycles. The molecule has 0 amide bonds. The van der Waals surface area contributed by atoms with Crippen LogP contribution < -0.4 is 0 Å². The third-order valence-corrected chi connectivity index (χ3v) is 3.06. The molecule has 0 spiro atoms. The van der Waals surface area contributed by atoms with Gasteiger partial charge in [0.15, 0.2) is 0 Å². The first-order valence-electron chi connectivity index (χ1n) is 5.75. The monoisotopic (exact) mass is 243 g/mol. The van der Waals surface area contributed by atoms with Crippen molar-refractivity contribution in [2.75, 3.05) is 0 Å². The molecule has 1 aromatic heterocycles. The van der Waals surface area contributed by atoms with Gasteiger partial charge >= 0.3 is 0 Å². The number of benzene rings is 1. The van der Waals surface area contributed by atoms with E-state index in [0.29, 0.717) is 12.0 Å². The van der Waals surface area contributed by atoms with Crippen molar-refractivity contribution in [2.24, 2.45) is 0 Å². The smallest absolute Gasteiger partial charge is 0.130 e. The van der Waals surface area contributed by atoms with E-state index in [1.807, 2.05) is 19.1 Å². The molecule has 0 saturated carbocycles. The van der Waals surface area contributed by atoms with Crippen LogP contribution in [0, 0.1) is 5.82 Å². The lowest BCUT2D eigenvalue weighted by Gasteiger charge is -2.23. The Bertz CT molecular complexity index is 541. The highest BCUT2D eigenvalue weighted by molar-refractivity contribution is 5.68. The molecule has 1 atom stereocenters. The van der Waals surface area contributed by atoms with Crippen molar-refractivity contribution >= 4 is 6.29 Å². The average Bonchev–Trinajstić information content (AvgIpc) is 2.40. The van der Waals surface area contributed by atoms with Crippen LogP contribution in [-0.2, 0) is 16.6 Å². The Morgan fingerprint density at radius 3 is 2.61 bits per heavy atom. The van der Waals surface area contributed by atoms with Crippen LogP contribution in [0.3, 0.4) is 0 Å². The lowest BCUT2D eigenvalue weighted by Crippen LogP contribution is -2.27. The molecule has 2 aromatic rings. The fourth-order valence-corrected chi connectivity index (χ4v) is 1.98. The van der Waals surface area contributed by atoms with Gasteiger partial charge in [0, 0.05) is 12.4 Å². The maximum absolute atomic E-state index is 13.2. The normalized spacial score (nSPS) is 13.9. The maximum Gasteiger partial charge on any atom is 0.130 e. The van der Waals surface area contributed by atoms with Crippen LogP contribution in [0.15, 0.2) is 48.8 Å². The summed E-state index contributed by atoms with van der Waals surface area (Å²) in [6, 6.07) is 9.91. The van der Waals surface area contributed by atoms with Gasteiger partial charge in [-0.25, -0.2) is 4.39 Å². The van der Waals surface area contributed by atoms with Gasteiger partial charge in [-0.15, -0.1) is 0 Å². The molecule has 92 valence electrons. The van der Waals surface area contributed by atoms with Crippen LogP contribution in [0.1, 0.15) is 18.1 Å². The Balaban J connectivity index is 2.34. The molecule has 0 aliphatic carbocycles. The van der Waals surface area contributed by atoms with Crippen LogP contribution in [0.2, 0.25) is 0 Å². The molecule has 0 saturated heterocycles. The lowest BCUT2D eigenvalue weighted by atomic mass is 9.79. The molecule has 18 heavy (non-hydrogen) atoms. The molecule has 2 rings (SSSR count). The van der Waals surface area contributed by atoms with Crippen LogP contribution in [0.25, 0.3) is 0 Å². The zero-order valence-corrected chi connectivity index (χ0v) is 10.1. The van der Waals surface area contributed by atoms with E-state index in [1.54, 1.807) is 24.5 Å². The third kappa shape index (κ3) is 2.62. The van der Waals surface area contributed by atoms with E-state index in [9.17, 15) is 9.18 Å². The number of carbonyl (C=O) groups excluding carboxylic acids is 1. The molecule has 0 aliphatic heterocycles. The highest BCUT2D eigenvalue weighted by Gasteiger charge is 2.26. The summed E-state index contributed by atoms with van der Waals surface area (Å²) in [4.78, 5) is 15.3. The number of carbonyl (C=O) groups is 1. The standard InChI is InChI=1S/C15H14FNO/c1-15(11-18,10-12-5-7-17-8-6-12)13-3-2-4-14(16)9-13/h2-9,11H,10H2,1H3. The second-order valence-electron chi connectivity index (χ2n) is 4.58.